The van der Waals surface area contributed by atoms with Gasteiger partial charge in [-0.2, -0.15) is 0 Å². The minimum Gasteiger partial charge on any atom is -0.478 e. The SMILES string of the molecule is O=C(O)c1ccc(S(=O)(=O)Nc2ccc(Cl)cc2I)cc1. The van der Waals surface area contributed by atoms with Crippen LogP contribution in [0.1, 0.15) is 10.4 Å². The van der Waals surface area contributed by atoms with Gasteiger partial charge in [0, 0.05) is 8.59 Å². The minimum absolute atomic E-state index is 0.0155. The average molecular weight is 438 g/mol. The maximum atomic E-state index is 12.2. The van der Waals surface area contributed by atoms with Crippen molar-refractivity contribution in [2.75, 3.05) is 4.72 Å². The monoisotopic (exact) mass is 437 g/mol. The zero-order valence-electron chi connectivity index (χ0n) is 10.4. The molecular weight excluding hydrogens is 429 g/mol. The van der Waals surface area contributed by atoms with Crippen molar-refractivity contribution in [2.24, 2.45) is 0 Å². The molecule has 2 rings (SSSR count). The fraction of sp³-hybridized carbons (Fsp3) is 0. The molecule has 0 saturated carbocycles. The third-order valence-corrected chi connectivity index (χ3v) is 5.10. The summed E-state index contributed by atoms with van der Waals surface area (Å²) in [6, 6.07) is 9.74. The highest BCUT2D eigenvalue weighted by Gasteiger charge is 2.16. The van der Waals surface area contributed by atoms with Crippen LogP contribution in [0.15, 0.2) is 47.4 Å². The van der Waals surface area contributed by atoms with E-state index in [9.17, 15) is 13.2 Å². The van der Waals surface area contributed by atoms with Crippen LogP contribution in [0.2, 0.25) is 5.02 Å². The molecule has 0 spiro atoms. The zero-order valence-corrected chi connectivity index (χ0v) is 14.1. The number of hydrogen-bond acceptors (Lipinski definition) is 3. The van der Waals surface area contributed by atoms with Crippen LogP contribution in [0, 0.1) is 3.57 Å². The number of benzene rings is 2. The molecule has 0 radical (unpaired) electrons. The normalized spacial score (nSPS) is 11.1. The van der Waals surface area contributed by atoms with Crippen molar-refractivity contribution in [1.29, 1.82) is 0 Å². The maximum Gasteiger partial charge on any atom is 0.335 e. The van der Waals surface area contributed by atoms with Gasteiger partial charge >= 0.3 is 5.97 Å². The predicted molar refractivity (Wildman–Crippen MR) is 88.4 cm³/mol. The number of carboxylic acids is 1. The summed E-state index contributed by atoms with van der Waals surface area (Å²) in [5.41, 5.74) is 0.428. The lowest BCUT2D eigenvalue weighted by molar-refractivity contribution is 0.0697. The molecule has 0 atom stereocenters. The molecule has 0 fully saturated rings. The van der Waals surface area contributed by atoms with Gasteiger partial charge in [0.15, 0.2) is 0 Å². The standard InChI is InChI=1S/C13H9ClINO4S/c14-9-3-6-12(11(15)7-9)16-21(19,20)10-4-1-8(2-5-10)13(17)18/h1-7,16H,(H,17,18). The van der Waals surface area contributed by atoms with Crippen LogP contribution in [-0.4, -0.2) is 19.5 Å². The molecule has 2 aromatic carbocycles. The molecule has 2 aromatic rings. The van der Waals surface area contributed by atoms with E-state index in [1.807, 2.05) is 22.6 Å². The van der Waals surface area contributed by atoms with E-state index >= 15 is 0 Å². The highest BCUT2D eigenvalue weighted by Crippen LogP contribution is 2.25. The molecule has 5 nitrogen and oxygen atoms in total. The number of nitrogens with one attached hydrogen (secondary N) is 1. The number of hydrogen-bond donors (Lipinski definition) is 2. The van der Waals surface area contributed by atoms with Crippen LogP contribution in [0.5, 0.6) is 0 Å². The summed E-state index contributed by atoms with van der Waals surface area (Å²) >= 11 is 7.78. The number of carboxylic acid groups (broad SMARTS) is 1. The van der Waals surface area contributed by atoms with E-state index in [0.29, 0.717) is 14.3 Å². The highest BCUT2D eigenvalue weighted by molar-refractivity contribution is 14.1. The average Bonchev–Trinajstić information content (AvgIpc) is 2.42. The molecule has 0 amide bonds. The summed E-state index contributed by atoms with van der Waals surface area (Å²) in [7, 11) is -3.78. The van der Waals surface area contributed by atoms with E-state index in [2.05, 4.69) is 4.72 Å². The third-order valence-electron chi connectivity index (χ3n) is 2.59. The summed E-state index contributed by atoms with van der Waals surface area (Å²) in [4.78, 5) is 10.7. The number of sulfonamides is 1. The third kappa shape index (κ3) is 3.86. The van der Waals surface area contributed by atoms with E-state index in [0.717, 1.165) is 0 Å². The van der Waals surface area contributed by atoms with Gasteiger partial charge in [0.25, 0.3) is 10.0 Å². The summed E-state index contributed by atoms with van der Waals surface area (Å²) in [6.07, 6.45) is 0. The fourth-order valence-corrected chi connectivity index (χ4v) is 3.82. The van der Waals surface area contributed by atoms with Crippen LogP contribution in [0.3, 0.4) is 0 Å². The van der Waals surface area contributed by atoms with Gasteiger partial charge in [-0.1, -0.05) is 11.6 Å². The topological polar surface area (TPSA) is 83.5 Å². The molecule has 0 aromatic heterocycles. The first-order valence-corrected chi connectivity index (χ1v) is 8.55. The molecule has 8 heteroatoms. The van der Waals surface area contributed by atoms with Crippen LogP contribution >= 0.6 is 34.2 Å². The quantitative estimate of drug-likeness (QED) is 0.718. The first-order chi connectivity index (χ1) is 9.79. The molecule has 21 heavy (non-hydrogen) atoms. The Kier molecular flexibility index (Phi) is 4.74. The van der Waals surface area contributed by atoms with Crippen molar-refractivity contribution >= 4 is 55.9 Å². The summed E-state index contributed by atoms with van der Waals surface area (Å²) in [5, 5.41) is 9.31. The van der Waals surface area contributed by atoms with E-state index < -0.39 is 16.0 Å². The highest BCUT2D eigenvalue weighted by atomic mass is 127. The van der Waals surface area contributed by atoms with Gasteiger partial charge in [-0.15, -0.1) is 0 Å². The summed E-state index contributed by atoms with van der Waals surface area (Å²) in [6.45, 7) is 0. The van der Waals surface area contributed by atoms with Crippen LogP contribution in [-0.2, 0) is 10.0 Å². The molecule has 0 saturated heterocycles. The molecule has 0 heterocycles. The van der Waals surface area contributed by atoms with Crippen molar-refractivity contribution in [2.45, 2.75) is 4.90 Å². The van der Waals surface area contributed by atoms with Gasteiger partial charge in [-0.3, -0.25) is 4.72 Å². The Balaban J connectivity index is 2.31. The van der Waals surface area contributed by atoms with E-state index in [1.54, 1.807) is 18.2 Å². The molecule has 110 valence electrons. The lowest BCUT2D eigenvalue weighted by Gasteiger charge is -2.10. The lowest BCUT2D eigenvalue weighted by Crippen LogP contribution is -2.14. The van der Waals surface area contributed by atoms with Crippen molar-refractivity contribution < 1.29 is 18.3 Å². The van der Waals surface area contributed by atoms with E-state index in [1.165, 1.54) is 24.3 Å². The second-order valence-electron chi connectivity index (χ2n) is 4.06. The Morgan fingerprint density at radius 1 is 1.14 bits per heavy atom. The lowest BCUT2D eigenvalue weighted by atomic mass is 10.2. The summed E-state index contributed by atoms with van der Waals surface area (Å²) in [5.74, 6) is -1.11. The first-order valence-electron chi connectivity index (χ1n) is 5.61. The second-order valence-corrected chi connectivity index (χ2v) is 7.34. The first kappa shape index (κ1) is 16.1. The van der Waals surface area contributed by atoms with Gasteiger partial charge in [0.05, 0.1) is 16.1 Å². The van der Waals surface area contributed by atoms with Gasteiger partial charge < -0.3 is 5.11 Å². The Hall–Kier alpha value is -1.32. The minimum atomic E-state index is -3.78. The number of aromatic carboxylic acids is 1. The second kappa shape index (κ2) is 6.20. The maximum absolute atomic E-state index is 12.2. The van der Waals surface area contributed by atoms with Crippen LogP contribution < -0.4 is 4.72 Å². The molecular formula is C13H9ClINO4S. The van der Waals surface area contributed by atoms with Crippen LogP contribution in [0.25, 0.3) is 0 Å². The van der Waals surface area contributed by atoms with E-state index in [-0.39, 0.29) is 10.5 Å². The van der Waals surface area contributed by atoms with E-state index in [4.69, 9.17) is 16.7 Å². The molecule has 0 aliphatic carbocycles. The molecule has 0 aliphatic heterocycles. The van der Waals surface area contributed by atoms with Crippen LogP contribution in [0.4, 0.5) is 5.69 Å². The van der Waals surface area contributed by atoms with Gasteiger partial charge in [-0.25, -0.2) is 13.2 Å². The molecule has 0 unspecified atom stereocenters. The van der Waals surface area contributed by atoms with Crippen molar-refractivity contribution in [3.63, 3.8) is 0 Å². The fourth-order valence-electron chi connectivity index (χ4n) is 1.55. The number of halogens is 2. The number of rotatable bonds is 4. The molecule has 2 N–H and O–H groups in total. The zero-order chi connectivity index (χ0) is 15.6. The molecule has 0 bridgehead atoms. The number of carbonyl (C=O) groups is 1. The Bertz CT molecular complexity index is 790. The van der Waals surface area contributed by atoms with Crippen molar-refractivity contribution in [3.8, 4) is 0 Å². The smallest absolute Gasteiger partial charge is 0.335 e. The van der Waals surface area contributed by atoms with Gasteiger partial charge in [-0.05, 0) is 65.1 Å². The van der Waals surface area contributed by atoms with Crippen molar-refractivity contribution in [3.05, 3.63) is 56.6 Å². The Morgan fingerprint density at radius 3 is 2.29 bits per heavy atom. The Labute approximate surface area is 140 Å². The van der Waals surface area contributed by atoms with Gasteiger partial charge in [0.2, 0.25) is 0 Å². The van der Waals surface area contributed by atoms with Gasteiger partial charge in [0.1, 0.15) is 0 Å². The predicted octanol–water partition coefficient (Wildman–Crippen LogP) is 3.44. The molecule has 0 aliphatic rings. The Morgan fingerprint density at radius 2 is 1.76 bits per heavy atom. The summed E-state index contributed by atoms with van der Waals surface area (Å²) < 4.78 is 27.5. The largest absolute Gasteiger partial charge is 0.478 e. The van der Waals surface area contributed by atoms with Crippen molar-refractivity contribution in [1.82, 2.24) is 0 Å². The number of anilines is 1.